The van der Waals surface area contributed by atoms with Gasteiger partial charge in [0.1, 0.15) is 11.6 Å². The molecule has 0 radical (unpaired) electrons. The minimum Gasteiger partial charge on any atom is -0.381 e. The van der Waals surface area contributed by atoms with Crippen LogP contribution in [0.2, 0.25) is 0 Å². The van der Waals surface area contributed by atoms with Gasteiger partial charge in [-0.15, -0.1) is 0 Å². The molecule has 4 aromatic rings. The average molecular weight is 561 g/mol. The number of hydrogen-bond donors (Lipinski definition) is 2. The lowest BCUT2D eigenvalue weighted by Crippen LogP contribution is -2.44. The molecule has 1 amide bonds. The molecule has 0 unspecified atom stereocenters. The molecule has 3 heterocycles. The van der Waals surface area contributed by atoms with E-state index in [-0.39, 0.29) is 18.5 Å². The summed E-state index contributed by atoms with van der Waals surface area (Å²) in [4.78, 5) is 18.4. The minimum atomic E-state index is -0.644. The van der Waals surface area contributed by atoms with Crippen molar-refractivity contribution in [2.24, 2.45) is 0 Å². The molecule has 0 spiro atoms. The lowest BCUT2D eigenvalue weighted by atomic mass is 10.1. The van der Waals surface area contributed by atoms with E-state index < -0.39 is 11.6 Å². The first kappa shape index (κ1) is 27.2. The maximum Gasteiger partial charge on any atom is 0.258 e. The van der Waals surface area contributed by atoms with Crippen molar-refractivity contribution in [2.75, 3.05) is 62.0 Å². The zero-order valence-corrected chi connectivity index (χ0v) is 23.1. The van der Waals surface area contributed by atoms with E-state index in [1.54, 1.807) is 4.68 Å². The van der Waals surface area contributed by atoms with E-state index in [0.717, 1.165) is 67.4 Å². The molecular weight excluding hydrogens is 526 g/mol. The number of halogens is 2. The third-order valence-electron chi connectivity index (χ3n) is 7.84. The highest BCUT2D eigenvalue weighted by atomic mass is 19.1. The third-order valence-corrected chi connectivity index (χ3v) is 7.84. The Morgan fingerprint density at radius 2 is 1.71 bits per heavy atom. The van der Waals surface area contributed by atoms with Gasteiger partial charge in [-0.3, -0.25) is 9.48 Å². The van der Waals surface area contributed by atoms with Crippen molar-refractivity contribution in [3.05, 3.63) is 83.4 Å². The number of anilines is 3. The van der Waals surface area contributed by atoms with Crippen LogP contribution >= 0.6 is 0 Å². The number of benzene rings is 3. The number of nitrogens with one attached hydrogen (secondary N) is 2. The van der Waals surface area contributed by atoms with Gasteiger partial charge in [-0.2, -0.15) is 5.10 Å². The molecule has 2 saturated heterocycles. The van der Waals surface area contributed by atoms with Crippen LogP contribution in [0.15, 0.2) is 60.7 Å². The summed E-state index contributed by atoms with van der Waals surface area (Å²) in [5.74, 6) is -1.18. The first-order valence-electron chi connectivity index (χ1n) is 14.1. The van der Waals surface area contributed by atoms with Crippen molar-refractivity contribution in [3.63, 3.8) is 0 Å². The number of aromatic nitrogens is 2. The second-order valence-electron chi connectivity index (χ2n) is 10.8. The number of piperazine rings is 1. The molecule has 6 rings (SSSR count). The van der Waals surface area contributed by atoms with Crippen molar-refractivity contribution in [1.29, 1.82) is 0 Å². The van der Waals surface area contributed by atoms with Crippen LogP contribution < -0.4 is 15.5 Å². The van der Waals surface area contributed by atoms with Crippen molar-refractivity contribution < 1.29 is 18.3 Å². The largest absolute Gasteiger partial charge is 0.381 e. The van der Waals surface area contributed by atoms with E-state index in [2.05, 4.69) is 38.6 Å². The summed E-state index contributed by atoms with van der Waals surface area (Å²) in [6.07, 6.45) is 1.74. The summed E-state index contributed by atoms with van der Waals surface area (Å²) in [5.41, 5.74) is 3.58. The van der Waals surface area contributed by atoms with Crippen molar-refractivity contribution in [2.45, 2.75) is 25.4 Å². The van der Waals surface area contributed by atoms with Gasteiger partial charge in [-0.05, 0) is 67.9 Å². The third kappa shape index (κ3) is 6.18. The quantitative estimate of drug-likeness (QED) is 0.333. The van der Waals surface area contributed by atoms with Gasteiger partial charge >= 0.3 is 0 Å². The van der Waals surface area contributed by atoms with Crippen LogP contribution in [0.1, 0.15) is 28.8 Å². The average Bonchev–Trinajstić information content (AvgIpc) is 3.30. The van der Waals surface area contributed by atoms with Gasteiger partial charge < -0.3 is 25.2 Å². The Kier molecular flexibility index (Phi) is 7.84. The van der Waals surface area contributed by atoms with Crippen LogP contribution in [0.5, 0.6) is 0 Å². The fourth-order valence-electron chi connectivity index (χ4n) is 5.56. The van der Waals surface area contributed by atoms with Gasteiger partial charge in [-0.1, -0.05) is 12.1 Å². The molecule has 2 fully saturated rings. The number of para-hydroxylation sites is 1. The van der Waals surface area contributed by atoms with E-state index in [1.165, 1.54) is 12.1 Å². The summed E-state index contributed by atoms with van der Waals surface area (Å²) < 4.78 is 34.9. The van der Waals surface area contributed by atoms with Crippen LogP contribution in [-0.2, 0) is 11.3 Å². The number of likely N-dealkylation sites (N-methyl/N-ethyl adjacent to an activating group) is 1. The first-order valence-corrected chi connectivity index (χ1v) is 14.1. The minimum absolute atomic E-state index is 0.154. The zero-order valence-electron chi connectivity index (χ0n) is 23.1. The lowest BCUT2D eigenvalue weighted by Gasteiger charge is -2.34. The van der Waals surface area contributed by atoms with Gasteiger partial charge in [0.15, 0.2) is 5.82 Å². The number of carbonyl (C=O) groups excluding carboxylic acids is 1. The Morgan fingerprint density at radius 3 is 2.46 bits per heavy atom. The van der Waals surface area contributed by atoms with Crippen molar-refractivity contribution in [3.8, 4) is 0 Å². The van der Waals surface area contributed by atoms with E-state index in [4.69, 9.17) is 4.74 Å². The van der Waals surface area contributed by atoms with Crippen LogP contribution in [0, 0.1) is 11.6 Å². The molecule has 0 saturated carbocycles. The predicted octanol–water partition coefficient (Wildman–Crippen LogP) is 4.96. The summed E-state index contributed by atoms with van der Waals surface area (Å²) >= 11 is 0. The Balaban J connectivity index is 1.29. The number of amides is 1. The normalized spacial score (nSPS) is 16.7. The Morgan fingerprint density at radius 1 is 0.976 bits per heavy atom. The second kappa shape index (κ2) is 11.8. The van der Waals surface area contributed by atoms with E-state index in [9.17, 15) is 13.6 Å². The van der Waals surface area contributed by atoms with Crippen LogP contribution in [0.25, 0.3) is 10.9 Å². The van der Waals surface area contributed by atoms with Crippen LogP contribution in [0.4, 0.5) is 26.0 Å². The van der Waals surface area contributed by atoms with Gasteiger partial charge in [0, 0.05) is 68.3 Å². The van der Waals surface area contributed by atoms with Gasteiger partial charge in [0.25, 0.3) is 5.91 Å². The predicted molar refractivity (Wildman–Crippen MR) is 157 cm³/mol. The molecule has 2 aliphatic rings. The number of hydrogen-bond acceptors (Lipinski definition) is 6. The molecule has 3 aromatic carbocycles. The molecule has 0 atom stereocenters. The highest BCUT2D eigenvalue weighted by Crippen LogP contribution is 2.29. The Hall–Kier alpha value is -4.02. The summed E-state index contributed by atoms with van der Waals surface area (Å²) in [6, 6.07) is 17.1. The first-order chi connectivity index (χ1) is 19.9. The fourth-order valence-corrected chi connectivity index (χ4v) is 5.56. The van der Waals surface area contributed by atoms with Gasteiger partial charge in [-0.25, -0.2) is 8.78 Å². The monoisotopic (exact) mass is 560 g/mol. The second-order valence-corrected chi connectivity index (χ2v) is 10.8. The standard InChI is InChI=1S/C31H34F2N6O2/c1-37-10-12-38(13-11-37)25-6-7-26(28(19-25)34-24-8-14-41-15-9-24)31(40)35-30-27-4-2-3-5-29(27)39(36-30)20-21-16-22(32)18-23(33)17-21/h2-7,16-19,24,34H,8-15,20H2,1H3,(H,35,36,40). The zero-order chi connectivity index (χ0) is 28.3. The van der Waals surface area contributed by atoms with Crippen molar-refractivity contribution in [1.82, 2.24) is 14.7 Å². The number of fused-ring (bicyclic) bond motifs is 1. The summed E-state index contributed by atoms with van der Waals surface area (Å²) in [5, 5.41) is 12.0. The number of carbonyl (C=O) groups is 1. The molecule has 2 aliphatic heterocycles. The van der Waals surface area contributed by atoms with Crippen LogP contribution in [-0.4, -0.2) is 73.1 Å². The van der Waals surface area contributed by atoms with E-state index in [0.29, 0.717) is 30.2 Å². The molecule has 41 heavy (non-hydrogen) atoms. The molecule has 214 valence electrons. The molecule has 0 aliphatic carbocycles. The molecule has 10 heteroatoms. The topological polar surface area (TPSA) is 74.7 Å². The highest BCUT2D eigenvalue weighted by Gasteiger charge is 2.22. The fraction of sp³-hybridized carbons (Fsp3) is 0.355. The molecule has 8 nitrogen and oxygen atoms in total. The molecule has 2 N–H and O–H groups in total. The van der Waals surface area contributed by atoms with Crippen LogP contribution in [0.3, 0.4) is 0 Å². The van der Waals surface area contributed by atoms with E-state index >= 15 is 0 Å². The molecule has 1 aromatic heterocycles. The smallest absolute Gasteiger partial charge is 0.258 e. The SMILES string of the molecule is CN1CCN(c2ccc(C(=O)Nc3nn(Cc4cc(F)cc(F)c4)c4ccccc34)c(NC3CCOCC3)c2)CC1. The highest BCUT2D eigenvalue weighted by molar-refractivity contribution is 6.11. The number of ether oxygens (including phenoxy) is 1. The lowest BCUT2D eigenvalue weighted by molar-refractivity contribution is 0.0904. The maximum atomic E-state index is 13.8. The Bertz CT molecular complexity index is 1520. The van der Waals surface area contributed by atoms with Gasteiger partial charge in [0.05, 0.1) is 17.6 Å². The maximum absolute atomic E-state index is 13.8. The number of rotatable bonds is 7. The molecule has 0 bridgehead atoms. The summed E-state index contributed by atoms with van der Waals surface area (Å²) in [7, 11) is 2.13. The summed E-state index contributed by atoms with van der Waals surface area (Å²) in [6.45, 7) is 5.37. The molecular formula is C31H34F2N6O2. The Labute approximate surface area is 237 Å². The number of nitrogens with zero attached hydrogens (tertiary/aromatic N) is 4. The van der Waals surface area contributed by atoms with Gasteiger partial charge in [0.2, 0.25) is 0 Å². The van der Waals surface area contributed by atoms with E-state index in [1.807, 2.05) is 36.4 Å². The van der Waals surface area contributed by atoms with Crippen molar-refractivity contribution >= 4 is 34.0 Å².